The van der Waals surface area contributed by atoms with Gasteiger partial charge in [0.25, 0.3) is 0 Å². The molecule has 0 saturated heterocycles. The number of carbonyl (C=O) groups excluding carboxylic acids is 1. The van der Waals surface area contributed by atoms with E-state index >= 15 is 0 Å². The van der Waals surface area contributed by atoms with Crippen molar-refractivity contribution in [2.24, 2.45) is 0 Å². The first kappa shape index (κ1) is 18.5. The van der Waals surface area contributed by atoms with Crippen LogP contribution in [-0.4, -0.2) is 36.6 Å². The van der Waals surface area contributed by atoms with Gasteiger partial charge >= 0.3 is 0 Å². The lowest BCUT2D eigenvalue weighted by Gasteiger charge is -2.07. The summed E-state index contributed by atoms with van der Waals surface area (Å²) in [6.07, 6.45) is 0.809. The highest BCUT2D eigenvalue weighted by Gasteiger charge is 2.15. The molecule has 0 saturated carbocycles. The highest BCUT2D eigenvalue weighted by atomic mass is 32.2. The lowest BCUT2D eigenvalue weighted by atomic mass is 10.1. The highest BCUT2D eigenvalue weighted by Crippen LogP contribution is 2.24. The van der Waals surface area contributed by atoms with Crippen LogP contribution in [-0.2, 0) is 17.8 Å². The third-order valence-corrected chi connectivity index (χ3v) is 5.64. The molecule has 3 rings (SSSR count). The average Bonchev–Trinajstić information content (AvgIpc) is 3.26. The maximum absolute atomic E-state index is 12.1. The molecule has 0 unspecified atom stereocenters. The molecule has 0 spiro atoms. The largest absolute Gasteiger partial charge is 0.302 e. The van der Waals surface area contributed by atoms with E-state index in [4.69, 9.17) is 0 Å². The zero-order valence-corrected chi connectivity index (χ0v) is 16.5. The Hall–Kier alpha value is -2.26. The molecule has 0 fully saturated rings. The highest BCUT2D eigenvalue weighted by molar-refractivity contribution is 7.99. The second-order valence-corrected chi connectivity index (χ2v) is 7.61. The van der Waals surface area contributed by atoms with Crippen molar-refractivity contribution in [3.8, 4) is 11.4 Å². The summed E-state index contributed by atoms with van der Waals surface area (Å²) in [5, 5.41) is 21.5. The van der Waals surface area contributed by atoms with Crippen LogP contribution < -0.4 is 5.32 Å². The minimum Gasteiger partial charge on any atom is -0.302 e. The van der Waals surface area contributed by atoms with Crippen LogP contribution in [0.15, 0.2) is 29.4 Å². The number of nitrogens with one attached hydrogen (secondary N) is 1. The van der Waals surface area contributed by atoms with E-state index in [2.05, 4.69) is 44.8 Å². The van der Waals surface area contributed by atoms with Gasteiger partial charge in [-0.2, -0.15) is 0 Å². The average molecular weight is 389 g/mol. The van der Waals surface area contributed by atoms with E-state index in [1.807, 2.05) is 30.5 Å². The summed E-state index contributed by atoms with van der Waals surface area (Å²) in [6, 6.07) is 8.18. The minimum atomic E-state index is -0.128. The summed E-state index contributed by atoms with van der Waals surface area (Å²) < 4.78 is 2.02. The summed E-state index contributed by atoms with van der Waals surface area (Å²) in [7, 11) is 0. The fourth-order valence-corrected chi connectivity index (χ4v) is 3.83. The Morgan fingerprint density at radius 2 is 1.92 bits per heavy atom. The molecule has 26 heavy (non-hydrogen) atoms. The van der Waals surface area contributed by atoms with E-state index in [1.54, 1.807) is 0 Å². The summed E-state index contributed by atoms with van der Waals surface area (Å²) in [5.74, 6) is 0.927. The number of aromatic nitrogens is 5. The van der Waals surface area contributed by atoms with Crippen molar-refractivity contribution in [3.05, 3.63) is 34.8 Å². The number of hydrogen-bond donors (Lipinski definition) is 1. The third-order valence-electron chi connectivity index (χ3n) is 3.69. The van der Waals surface area contributed by atoms with Crippen LogP contribution in [0.3, 0.4) is 0 Å². The molecule has 1 amide bonds. The van der Waals surface area contributed by atoms with Gasteiger partial charge in [0.1, 0.15) is 5.01 Å². The van der Waals surface area contributed by atoms with E-state index in [-0.39, 0.29) is 11.7 Å². The topological polar surface area (TPSA) is 85.6 Å². The van der Waals surface area contributed by atoms with Gasteiger partial charge in [-0.25, -0.2) is 0 Å². The minimum absolute atomic E-state index is 0.128. The molecule has 0 radical (unpaired) electrons. The van der Waals surface area contributed by atoms with Crippen molar-refractivity contribution in [1.82, 2.24) is 25.0 Å². The number of benzene rings is 1. The zero-order chi connectivity index (χ0) is 18.5. The number of carbonyl (C=O) groups is 1. The number of anilines is 1. The quantitative estimate of drug-likeness (QED) is 0.624. The molecule has 0 aliphatic carbocycles. The summed E-state index contributed by atoms with van der Waals surface area (Å²) in [5.41, 5.74) is 2.22. The predicted molar refractivity (Wildman–Crippen MR) is 105 cm³/mol. The molecule has 136 valence electrons. The zero-order valence-electron chi connectivity index (χ0n) is 14.9. The van der Waals surface area contributed by atoms with Crippen molar-refractivity contribution in [1.29, 1.82) is 0 Å². The van der Waals surface area contributed by atoms with Gasteiger partial charge in [-0.3, -0.25) is 10.1 Å². The summed E-state index contributed by atoms with van der Waals surface area (Å²) in [6.45, 7) is 6.83. The van der Waals surface area contributed by atoms with Crippen molar-refractivity contribution in [2.75, 3.05) is 11.1 Å². The van der Waals surface area contributed by atoms with Crippen molar-refractivity contribution in [3.63, 3.8) is 0 Å². The Labute approximate surface area is 160 Å². The number of thioether (sulfide) groups is 1. The Kier molecular flexibility index (Phi) is 6.00. The Morgan fingerprint density at radius 1 is 1.15 bits per heavy atom. The SMILES string of the molecule is CCc1nnc(NC(=O)CSc2nnc(-c3ccc(C)cc3)n2CC)s1. The molecule has 9 heteroatoms. The lowest BCUT2D eigenvalue weighted by molar-refractivity contribution is -0.113. The molecule has 2 aromatic heterocycles. The summed E-state index contributed by atoms with van der Waals surface area (Å²) in [4.78, 5) is 12.1. The van der Waals surface area contributed by atoms with E-state index < -0.39 is 0 Å². The summed E-state index contributed by atoms with van der Waals surface area (Å²) >= 11 is 2.76. The molecule has 3 aromatic rings. The van der Waals surface area contributed by atoms with E-state index in [9.17, 15) is 4.79 Å². The molecule has 1 N–H and O–H groups in total. The smallest absolute Gasteiger partial charge is 0.236 e. The number of hydrogen-bond acceptors (Lipinski definition) is 7. The van der Waals surface area contributed by atoms with Gasteiger partial charge in [0, 0.05) is 12.1 Å². The second-order valence-electron chi connectivity index (χ2n) is 5.61. The molecule has 0 bridgehead atoms. The molecule has 0 atom stereocenters. The van der Waals surface area contributed by atoms with Crippen LogP contribution in [0.25, 0.3) is 11.4 Å². The monoisotopic (exact) mass is 388 g/mol. The van der Waals surface area contributed by atoms with Crippen molar-refractivity contribution in [2.45, 2.75) is 38.9 Å². The standard InChI is InChI=1S/C17H20N6OS2/c1-4-14-19-21-16(26-14)18-13(24)10-25-17-22-20-15(23(17)5-2)12-8-6-11(3)7-9-12/h6-9H,4-5,10H2,1-3H3,(H,18,21,24). The van der Waals surface area contributed by atoms with Gasteiger partial charge in [0.15, 0.2) is 11.0 Å². The first-order valence-electron chi connectivity index (χ1n) is 8.36. The first-order valence-corrected chi connectivity index (χ1v) is 10.2. The van der Waals surface area contributed by atoms with Crippen molar-refractivity contribution < 1.29 is 4.79 Å². The molecule has 7 nitrogen and oxygen atoms in total. The Morgan fingerprint density at radius 3 is 2.58 bits per heavy atom. The molecule has 2 heterocycles. The van der Waals surface area contributed by atoms with E-state index in [1.165, 1.54) is 28.7 Å². The van der Waals surface area contributed by atoms with Crippen LogP contribution in [0.2, 0.25) is 0 Å². The maximum Gasteiger partial charge on any atom is 0.236 e. The fourth-order valence-electron chi connectivity index (χ4n) is 2.33. The van der Waals surface area contributed by atoms with Gasteiger partial charge in [-0.1, -0.05) is 59.9 Å². The van der Waals surface area contributed by atoms with Crippen LogP contribution in [0.1, 0.15) is 24.4 Å². The Balaban J connectivity index is 1.66. The maximum atomic E-state index is 12.1. The van der Waals surface area contributed by atoms with Crippen LogP contribution in [0.4, 0.5) is 5.13 Å². The molecule has 0 aliphatic heterocycles. The van der Waals surface area contributed by atoms with Gasteiger partial charge in [0.05, 0.1) is 5.75 Å². The number of rotatable bonds is 7. The number of amides is 1. The molecular formula is C17H20N6OS2. The molecular weight excluding hydrogens is 368 g/mol. The van der Waals surface area contributed by atoms with Crippen LogP contribution in [0.5, 0.6) is 0 Å². The van der Waals surface area contributed by atoms with Gasteiger partial charge < -0.3 is 4.57 Å². The first-order chi connectivity index (χ1) is 12.6. The second kappa shape index (κ2) is 8.41. The van der Waals surface area contributed by atoms with E-state index in [0.717, 1.165) is 34.5 Å². The van der Waals surface area contributed by atoms with Gasteiger partial charge in [0.2, 0.25) is 11.0 Å². The van der Waals surface area contributed by atoms with Gasteiger partial charge in [-0.05, 0) is 20.3 Å². The fraction of sp³-hybridized carbons (Fsp3) is 0.353. The van der Waals surface area contributed by atoms with Gasteiger partial charge in [-0.15, -0.1) is 20.4 Å². The normalized spacial score (nSPS) is 10.9. The number of aryl methyl sites for hydroxylation is 2. The molecule has 1 aromatic carbocycles. The van der Waals surface area contributed by atoms with E-state index in [0.29, 0.717) is 5.13 Å². The lowest BCUT2D eigenvalue weighted by Crippen LogP contribution is -2.14. The number of nitrogens with zero attached hydrogens (tertiary/aromatic N) is 5. The van der Waals surface area contributed by atoms with Crippen molar-refractivity contribution >= 4 is 34.1 Å². The predicted octanol–water partition coefficient (Wildman–Crippen LogP) is 3.42. The molecule has 0 aliphatic rings. The van der Waals surface area contributed by atoms with Crippen LogP contribution in [0, 0.1) is 6.92 Å². The van der Waals surface area contributed by atoms with Crippen LogP contribution >= 0.6 is 23.1 Å². The Bertz CT molecular complexity index is 887. The third kappa shape index (κ3) is 4.28.